The van der Waals surface area contributed by atoms with Crippen molar-refractivity contribution in [2.24, 2.45) is 0 Å². The lowest BCUT2D eigenvalue weighted by Gasteiger charge is -2.17. The molecule has 1 aromatic heterocycles. The van der Waals surface area contributed by atoms with E-state index in [9.17, 15) is 0 Å². The zero-order valence-corrected chi connectivity index (χ0v) is 8.15. The van der Waals surface area contributed by atoms with Gasteiger partial charge in [-0.3, -0.25) is 0 Å². The second-order valence-electron chi connectivity index (χ2n) is 3.90. The molecule has 1 heterocycles. The minimum atomic E-state index is 0.0709. The van der Waals surface area contributed by atoms with E-state index < -0.39 is 0 Å². The molecule has 0 unspecified atom stereocenters. The maximum Gasteiger partial charge on any atom is 0.154 e. The van der Waals surface area contributed by atoms with Gasteiger partial charge in [0.1, 0.15) is 0 Å². The average Bonchev–Trinajstić information content (AvgIpc) is 2.04. The number of aliphatic hydroxyl groups excluding tert-OH is 1. The summed E-state index contributed by atoms with van der Waals surface area (Å²) in [4.78, 5) is 8.15. The van der Waals surface area contributed by atoms with Gasteiger partial charge in [-0.25, -0.2) is 9.97 Å². The number of aromatic nitrogens is 2. The Hall–Kier alpha value is -1.38. The van der Waals surface area contributed by atoms with Crippen LogP contribution in [0.25, 0.3) is 6.08 Å². The molecule has 3 heteroatoms. The molecule has 0 aliphatic carbocycles. The number of hydrogen-bond acceptors (Lipinski definition) is 3. The van der Waals surface area contributed by atoms with Crippen LogP contribution >= 0.6 is 0 Å². The molecule has 0 aliphatic rings. The fourth-order valence-electron chi connectivity index (χ4n) is 0.878. The lowest BCUT2D eigenvalue weighted by atomic mass is 9.89. The first-order valence-electron chi connectivity index (χ1n) is 4.17. The Morgan fingerprint density at radius 3 is 2.15 bits per heavy atom. The smallest absolute Gasteiger partial charge is 0.154 e. The molecule has 0 fully saturated rings. The van der Waals surface area contributed by atoms with E-state index in [0.29, 0.717) is 5.82 Å². The molecule has 0 saturated carbocycles. The summed E-state index contributed by atoms with van der Waals surface area (Å²) in [6.45, 7) is 6.31. The highest BCUT2D eigenvalue weighted by molar-refractivity contribution is 5.37. The SMILES string of the molecule is CC(C)(C)c1cnc(/C=C\O)nc1. The van der Waals surface area contributed by atoms with Gasteiger partial charge in [0.15, 0.2) is 5.82 Å². The van der Waals surface area contributed by atoms with Crippen molar-refractivity contribution in [2.75, 3.05) is 0 Å². The molecule has 0 spiro atoms. The lowest BCUT2D eigenvalue weighted by Crippen LogP contribution is -2.12. The molecule has 70 valence electrons. The molecule has 0 saturated heterocycles. The average molecular weight is 178 g/mol. The van der Waals surface area contributed by atoms with Gasteiger partial charge in [-0.1, -0.05) is 20.8 Å². The van der Waals surface area contributed by atoms with E-state index in [-0.39, 0.29) is 5.41 Å². The highest BCUT2D eigenvalue weighted by Gasteiger charge is 2.13. The van der Waals surface area contributed by atoms with Crippen molar-refractivity contribution >= 4 is 6.08 Å². The Bertz CT molecular complexity index is 296. The van der Waals surface area contributed by atoms with Crippen molar-refractivity contribution in [1.29, 1.82) is 0 Å². The first kappa shape index (κ1) is 9.71. The molecule has 0 atom stereocenters. The monoisotopic (exact) mass is 178 g/mol. The normalized spacial score (nSPS) is 12.2. The van der Waals surface area contributed by atoms with Gasteiger partial charge in [0, 0.05) is 18.5 Å². The molecule has 1 N–H and O–H groups in total. The van der Waals surface area contributed by atoms with Crippen molar-refractivity contribution in [3.05, 3.63) is 30.0 Å². The van der Waals surface area contributed by atoms with Gasteiger partial charge in [-0.05, 0) is 11.0 Å². The Kier molecular flexibility index (Phi) is 2.66. The van der Waals surface area contributed by atoms with Gasteiger partial charge in [-0.15, -0.1) is 0 Å². The summed E-state index contributed by atoms with van der Waals surface area (Å²) in [6, 6.07) is 0. The first-order chi connectivity index (χ1) is 6.04. The lowest BCUT2D eigenvalue weighted by molar-refractivity contribution is 0.477. The quantitative estimate of drug-likeness (QED) is 0.671. The summed E-state index contributed by atoms with van der Waals surface area (Å²) in [6.07, 6.45) is 5.95. The molecule has 0 radical (unpaired) electrons. The highest BCUT2D eigenvalue weighted by atomic mass is 16.2. The Labute approximate surface area is 78.2 Å². The van der Waals surface area contributed by atoms with Crippen LogP contribution in [0.5, 0.6) is 0 Å². The van der Waals surface area contributed by atoms with E-state index in [1.165, 1.54) is 6.08 Å². The van der Waals surface area contributed by atoms with Gasteiger partial charge in [-0.2, -0.15) is 0 Å². The van der Waals surface area contributed by atoms with Crippen LogP contribution in [0.3, 0.4) is 0 Å². The summed E-state index contributed by atoms with van der Waals surface area (Å²) >= 11 is 0. The predicted octanol–water partition coefficient (Wildman–Crippen LogP) is 2.30. The molecule has 0 aliphatic heterocycles. The van der Waals surface area contributed by atoms with Crippen LogP contribution < -0.4 is 0 Å². The van der Waals surface area contributed by atoms with Crippen molar-refractivity contribution in [1.82, 2.24) is 9.97 Å². The maximum atomic E-state index is 8.49. The number of hydrogen-bond donors (Lipinski definition) is 1. The minimum Gasteiger partial charge on any atom is -0.515 e. The largest absolute Gasteiger partial charge is 0.515 e. The van der Waals surface area contributed by atoms with Crippen LogP contribution in [0.4, 0.5) is 0 Å². The summed E-state index contributed by atoms with van der Waals surface area (Å²) in [5.74, 6) is 0.524. The van der Waals surface area contributed by atoms with E-state index >= 15 is 0 Å². The predicted molar refractivity (Wildman–Crippen MR) is 52.4 cm³/mol. The third kappa shape index (κ3) is 2.54. The zero-order valence-electron chi connectivity index (χ0n) is 8.15. The van der Waals surface area contributed by atoms with Gasteiger partial charge in [0.05, 0.1) is 6.26 Å². The third-order valence-electron chi connectivity index (χ3n) is 1.76. The fourth-order valence-corrected chi connectivity index (χ4v) is 0.878. The van der Waals surface area contributed by atoms with E-state index in [1.807, 2.05) is 0 Å². The van der Waals surface area contributed by atoms with E-state index in [2.05, 4.69) is 30.7 Å². The van der Waals surface area contributed by atoms with E-state index in [0.717, 1.165) is 11.8 Å². The number of aliphatic hydroxyl groups is 1. The minimum absolute atomic E-state index is 0.0709. The van der Waals surface area contributed by atoms with Gasteiger partial charge in [0.25, 0.3) is 0 Å². The Morgan fingerprint density at radius 1 is 1.23 bits per heavy atom. The molecule has 13 heavy (non-hydrogen) atoms. The van der Waals surface area contributed by atoms with Gasteiger partial charge < -0.3 is 5.11 Å². The van der Waals surface area contributed by atoms with E-state index in [4.69, 9.17) is 5.11 Å². The van der Waals surface area contributed by atoms with Crippen molar-refractivity contribution < 1.29 is 5.11 Å². The molecule has 0 amide bonds. The number of nitrogens with zero attached hydrogens (tertiary/aromatic N) is 2. The first-order valence-corrected chi connectivity index (χ1v) is 4.17. The molecule has 3 nitrogen and oxygen atoms in total. The number of rotatable bonds is 1. The third-order valence-corrected chi connectivity index (χ3v) is 1.76. The van der Waals surface area contributed by atoms with Crippen LogP contribution in [0, 0.1) is 0 Å². The van der Waals surface area contributed by atoms with E-state index in [1.54, 1.807) is 12.4 Å². The van der Waals surface area contributed by atoms with Crippen LogP contribution in [-0.4, -0.2) is 15.1 Å². The van der Waals surface area contributed by atoms with Crippen LogP contribution in [0.15, 0.2) is 18.7 Å². The topological polar surface area (TPSA) is 46.0 Å². The van der Waals surface area contributed by atoms with Crippen LogP contribution in [0.1, 0.15) is 32.2 Å². The molecular weight excluding hydrogens is 164 g/mol. The second kappa shape index (κ2) is 3.56. The van der Waals surface area contributed by atoms with Crippen LogP contribution in [-0.2, 0) is 5.41 Å². The summed E-state index contributed by atoms with van der Waals surface area (Å²) in [5, 5.41) is 8.49. The molecular formula is C10H14N2O. The highest BCUT2D eigenvalue weighted by Crippen LogP contribution is 2.19. The van der Waals surface area contributed by atoms with Gasteiger partial charge in [0.2, 0.25) is 0 Å². The van der Waals surface area contributed by atoms with Crippen molar-refractivity contribution in [3.8, 4) is 0 Å². The standard InChI is InChI=1S/C10H14N2O/c1-10(2,3)8-6-11-9(4-5-13)12-7-8/h4-7,13H,1-3H3/b5-4-. The molecule has 1 rings (SSSR count). The van der Waals surface area contributed by atoms with Crippen molar-refractivity contribution in [2.45, 2.75) is 26.2 Å². The Morgan fingerprint density at radius 2 is 1.77 bits per heavy atom. The molecule has 1 aromatic rings. The molecule has 0 aromatic carbocycles. The van der Waals surface area contributed by atoms with Crippen LogP contribution in [0.2, 0.25) is 0 Å². The fraction of sp³-hybridized carbons (Fsp3) is 0.400. The van der Waals surface area contributed by atoms with Gasteiger partial charge >= 0.3 is 0 Å². The molecule has 0 bridgehead atoms. The zero-order chi connectivity index (χ0) is 9.90. The maximum absolute atomic E-state index is 8.49. The second-order valence-corrected chi connectivity index (χ2v) is 3.90. The Balaban J connectivity index is 2.94. The summed E-state index contributed by atoms with van der Waals surface area (Å²) in [7, 11) is 0. The van der Waals surface area contributed by atoms with Crippen molar-refractivity contribution in [3.63, 3.8) is 0 Å². The summed E-state index contributed by atoms with van der Waals surface area (Å²) < 4.78 is 0. The summed E-state index contributed by atoms with van der Waals surface area (Å²) in [5.41, 5.74) is 1.16.